The zero-order valence-corrected chi connectivity index (χ0v) is 15.4. The van der Waals surface area contributed by atoms with Crippen LogP contribution in [0.4, 0.5) is 0 Å². The van der Waals surface area contributed by atoms with E-state index < -0.39 is 10.0 Å². The van der Waals surface area contributed by atoms with Crippen LogP contribution >= 0.6 is 23.8 Å². The molecule has 0 aromatic heterocycles. The Morgan fingerprint density at radius 2 is 2.05 bits per heavy atom. The Balaban J connectivity index is 3.06. The van der Waals surface area contributed by atoms with Crippen molar-refractivity contribution in [3.05, 3.63) is 34.3 Å². The lowest BCUT2D eigenvalue weighted by atomic mass is 10.0. The second-order valence-corrected chi connectivity index (χ2v) is 8.03. The average Bonchev–Trinajstić information content (AvgIpc) is 2.43. The van der Waals surface area contributed by atoms with Crippen LogP contribution in [-0.4, -0.2) is 30.8 Å². The summed E-state index contributed by atoms with van der Waals surface area (Å²) in [5.41, 5.74) is 7.15. The van der Waals surface area contributed by atoms with Gasteiger partial charge in [-0.3, -0.25) is 0 Å². The molecule has 0 spiro atoms. The van der Waals surface area contributed by atoms with E-state index in [0.717, 1.165) is 30.4 Å². The van der Waals surface area contributed by atoms with Crippen LogP contribution in [-0.2, 0) is 22.2 Å². The Morgan fingerprint density at radius 3 is 2.59 bits per heavy atom. The molecule has 1 rings (SSSR count). The SMILES string of the molecule is CCCCc1c(Cl)cccc1CS(=O)(=O)N(CC)CC(N)=S. The van der Waals surface area contributed by atoms with Gasteiger partial charge >= 0.3 is 0 Å². The van der Waals surface area contributed by atoms with Crippen LogP contribution in [0.3, 0.4) is 0 Å². The number of halogens is 1. The molecule has 0 fully saturated rings. The molecule has 0 saturated carbocycles. The molecule has 0 aliphatic carbocycles. The number of unbranched alkanes of at least 4 members (excludes halogenated alkanes) is 1. The molecule has 1 aromatic rings. The molecular formula is C15H23ClN2O2S2. The van der Waals surface area contributed by atoms with Crippen LogP contribution in [0, 0.1) is 0 Å². The maximum Gasteiger partial charge on any atom is 0.218 e. The first-order valence-corrected chi connectivity index (χ1v) is 9.73. The fraction of sp³-hybridized carbons (Fsp3) is 0.533. The van der Waals surface area contributed by atoms with E-state index in [0.29, 0.717) is 11.6 Å². The molecule has 1 aromatic carbocycles. The normalized spacial score (nSPS) is 11.8. The van der Waals surface area contributed by atoms with E-state index in [1.165, 1.54) is 4.31 Å². The summed E-state index contributed by atoms with van der Waals surface area (Å²) in [4.78, 5) is 0.169. The minimum absolute atomic E-state index is 0.0685. The first kappa shape index (κ1) is 19.4. The van der Waals surface area contributed by atoms with Crippen molar-refractivity contribution in [2.45, 2.75) is 38.9 Å². The molecule has 2 N–H and O–H groups in total. The minimum Gasteiger partial charge on any atom is -0.392 e. The number of likely N-dealkylation sites (N-methyl/N-ethyl adjacent to an activating group) is 1. The fourth-order valence-corrected chi connectivity index (χ4v) is 4.34. The van der Waals surface area contributed by atoms with Gasteiger partial charge in [-0.15, -0.1) is 0 Å². The maximum atomic E-state index is 12.6. The highest BCUT2D eigenvalue weighted by Gasteiger charge is 2.23. The number of sulfonamides is 1. The molecule has 0 bridgehead atoms. The molecule has 0 amide bonds. The first-order valence-electron chi connectivity index (χ1n) is 7.34. The predicted octanol–water partition coefficient (Wildman–Crippen LogP) is 3.12. The Kier molecular flexibility index (Phi) is 7.76. The summed E-state index contributed by atoms with van der Waals surface area (Å²) < 4.78 is 26.4. The number of hydrogen-bond donors (Lipinski definition) is 1. The molecule has 0 saturated heterocycles. The van der Waals surface area contributed by atoms with Gasteiger partial charge in [-0.25, -0.2) is 8.42 Å². The van der Waals surface area contributed by atoms with Gasteiger partial charge in [0.2, 0.25) is 10.0 Å². The lowest BCUT2D eigenvalue weighted by molar-refractivity contribution is 0.467. The van der Waals surface area contributed by atoms with Gasteiger partial charge < -0.3 is 5.73 Å². The lowest BCUT2D eigenvalue weighted by Crippen LogP contribution is -2.38. The number of nitrogens with zero attached hydrogens (tertiary/aromatic N) is 1. The second kappa shape index (κ2) is 8.82. The van der Waals surface area contributed by atoms with Crippen molar-refractivity contribution in [1.29, 1.82) is 0 Å². The molecular weight excluding hydrogens is 340 g/mol. The second-order valence-electron chi connectivity index (χ2n) is 5.13. The van der Waals surface area contributed by atoms with Crippen molar-refractivity contribution >= 4 is 38.8 Å². The van der Waals surface area contributed by atoms with Crippen LogP contribution in [0.2, 0.25) is 5.02 Å². The van der Waals surface area contributed by atoms with E-state index in [9.17, 15) is 8.42 Å². The number of thiocarbonyl (C=S) groups is 1. The molecule has 0 unspecified atom stereocenters. The van der Waals surface area contributed by atoms with Crippen molar-refractivity contribution in [3.63, 3.8) is 0 Å². The van der Waals surface area contributed by atoms with Gasteiger partial charge in [0.15, 0.2) is 0 Å². The van der Waals surface area contributed by atoms with Gasteiger partial charge in [0.1, 0.15) is 0 Å². The Hall–Kier alpha value is -0.690. The quantitative estimate of drug-likeness (QED) is 0.685. The summed E-state index contributed by atoms with van der Waals surface area (Å²) in [6, 6.07) is 5.41. The highest BCUT2D eigenvalue weighted by Crippen LogP contribution is 2.24. The van der Waals surface area contributed by atoms with E-state index in [1.807, 2.05) is 6.07 Å². The fourth-order valence-electron chi connectivity index (χ4n) is 2.24. The van der Waals surface area contributed by atoms with Crippen molar-refractivity contribution in [1.82, 2.24) is 4.31 Å². The summed E-state index contributed by atoms with van der Waals surface area (Å²) in [7, 11) is -3.48. The van der Waals surface area contributed by atoms with E-state index in [2.05, 4.69) is 6.92 Å². The Labute approximate surface area is 143 Å². The van der Waals surface area contributed by atoms with E-state index in [4.69, 9.17) is 29.6 Å². The maximum absolute atomic E-state index is 12.6. The molecule has 0 atom stereocenters. The number of benzene rings is 1. The third kappa shape index (κ3) is 5.50. The largest absolute Gasteiger partial charge is 0.392 e. The summed E-state index contributed by atoms with van der Waals surface area (Å²) in [5, 5.41) is 0.624. The smallest absolute Gasteiger partial charge is 0.218 e. The van der Waals surface area contributed by atoms with Gasteiger partial charge in [0.25, 0.3) is 0 Å². The van der Waals surface area contributed by atoms with Crippen molar-refractivity contribution < 1.29 is 8.42 Å². The lowest BCUT2D eigenvalue weighted by Gasteiger charge is -2.21. The monoisotopic (exact) mass is 362 g/mol. The third-order valence-electron chi connectivity index (χ3n) is 3.41. The molecule has 0 aliphatic rings. The van der Waals surface area contributed by atoms with E-state index in [1.54, 1.807) is 19.1 Å². The predicted molar refractivity (Wildman–Crippen MR) is 96.7 cm³/mol. The third-order valence-corrected chi connectivity index (χ3v) is 5.75. The number of nitrogens with two attached hydrogens (primary N) is 1. The molecule has 0 aliphatic heterocycles. The van der Waals surface area contributed by atoms with Crippen molar-refractivity contribution in [2.24, 2.45) is 5.73 Å². The van der Waals surface area contributed by atoms with Crippen LogP contribution in [0.25, 0.3) is 0 Å². The van der Waals surface area contributed by atoms with E-state index in [-0.39, 0.29) is 17.3 Å². The van der Waals surface area contributed by atoms with Gasteiger partial charge in [0.05, 0.1) is 17.3 Å². The van der Waals surface area contributed by atoms with E-state index >= 15 is 0 Å². The number of hydrogen-bond acceptors (Lipinski definition) is 3. The zero-order chi connectivity index (χ0) is 16.8. The molecule has 0 heterocycles. The average molecular weight is 363 g/mol. The standard InChI is InChI=1S/C15H23ClN2O2S2/c1-3-5-8-13-12(7-6-9-14(13)16)11-22(19,20)18(4-2)10-15(17)21/h6-7,9H,3-5,8,10-11H2,1-2H3,(H2,17,21). The van der Waals surface area contributed by atoms with Crippen LogP contribution < -0.4 is 5.73 Å². The van der Waals surface area contributed by atoms with Crippen LogP contribution in [0.5, 0.6) is 0 Å². The molecule has 124 valence electrons. The molecule has 22 heavy (non-hydrogen) atoms. The summed E-state index contributed by atoms with van der Waals surface area (Å²) in [6.45, 7) is 4.27. The van der Waals surface area contributed by atoms with Crippen LogP contribution in [0.1, 0.15) is 37.8 Å². The summed E-state index contributed by atoms with van der Waals surface area (Å²) in [5.74, 6) is -0.0803. The van der Waals surface area contributed by atoms with Gasteiger partial charge in [-0.2, -0.15) is 4.31 Å². The van der Waals surface area contributed by atoms with Gasteiger partial charge in [-0.1, -0.05) is 56.2 Å². The van der Waals surface area contributed by atoms with Gasteiger partial charge in [-0.05, 0) is 30.0 Å². The first-order chi connectivity index (χ1) is 10.3. The summed E-state index contributed by atoms with van der Waals surface area (Å²) in [6.07, 6.45) is 2.78. The zero-order valence-electron chi connectivity index (χ0n) is 13.0. The van der Waals surface area contributed by atoms with Crippen molar-refractivity contribution in [2.75, 3.05) is 13.1 Å². The number of rotatable bonds is 9. The van der Waals surface area contributed by atoms with Crippen LogP contribution in [0.15, 0.2) is 18.2 Å². The van der Waals surface area contributed by atoms with Gasteiger partial charge in [0, 0.05) is 11.6 Å². The van der Waals surface area contributed by atoms with Crippen molar-refractivity contribution in [3.8, 4) is 0 Å². The highest BCUT2D eigenvalue weighted by molar-refractivity contribution is 7.88. The molecule has 0 radical (unpaired) electrons. The summed E-state index contributed by atoms with van der Waals surface area (Å²) >= 11 is 11.1. The molecule has 7 heteroatoms. The highest BCUT2D eigenvalue weighted by atomic mass is 35.5. The molecule has 4 nitrogen and oxygen atoms in total. The Bertz CT molecular complexity index is 618. The minimum atomic E-state index is -3.48. The Morgan fingerprint density at radius 1 is 1.36 bits per heavy atom. The topological polar surface area (TPSA) is 63.4 Å².